The molecule has 1 rings (SSSR count). The van der Waals surface area contributed by atoms with Crippen LogP contribution in [0.2, 0.25) is 0 Å². The summed E-state index contributed by atoms with van der Waals surface area (Å²) in [4.78, 5) is 4.12. The highest BCUT2D eigenvalue weighted by Gasteiger charge is 2.03. The molecule has 0 aliphatic carbocycles. The van der Waals surface area contributed by atoms with Gasteiger partial charge < -0.3 is 5.32 Å². The van der Waals surface area contributed by atoms with Crippen molar-refractivity contribution in [1.29, 1.82) is 0 Å². The van der Waals surface area contributed by atoms with Gasteiger partial charge >= 0.3 is 0 Å². The Morgan fingerprint density at radius 1 is 1.33 bits per heavy atom. The topological polar surface area (TPSA) is 24.9 Å². The Hall–Kier alpha value is -0.890. The SMILES string of the molecule is CC(C)CCCN[C@@H](C)c1cccnc1. The highest BCUT2D eigenvalue weighted by atomic mass is 14.9. The van der Waals surface area contributed by atoms with Crippen LogP contribution in [0.25, 0.3) is 0 Å². The van der Waals surface area contributed by atoms with E-state index in [2.05, 4.69) is 37.1 Å². The number of nitrogens with one attached hydrogen (secondary N) is 1. The molecule has 1 aromatic heterocycles. The molecule has 0 aliphatic heterocycles. The van der Waals surface area contributed by atoms with Gasteiger partial charge in [-0.1, -0.05) is 19.9 Å². The first-order chi connectivity index (χ1) is 7.20. The van der Waals surface area contributed by atoms with Crippen LogP contribution in [0.4, 0.5) is 0 Å². The van der Waals surface area contributed by atoms with Gasteiger partial charge in [0, 0.05) is 18.4 Å². The number of pyridine rings is 1. The molecule has 1 heterocycles. The Labute approximate surface area is 93.1 Å². The fourth-order valence-corrected chi connectivity index (χ4v) is 1.58. The van der Waals surface area contributed by atoms with Gasteiger partial charge in [0.25, 0.3) is 0 Å². The molecule has 0 saturated heterocycles. The minimum atomic E-state index is 0.408. The highest BCUT2D eigenvalue weighted by molar-refractivity contribution is 5.12. The highest BCUT2D eigenvalue weighted by Crippen LogP contribution is 2.10. The zero-order valence-electron chi connectivity index (χ0n) is 10.0. The first kappa shape index (κ1) is 12.2. The quantitative estimate of drug-likeness (QED) is 0.723. The Bertz CT molecular complexity index is 256. The van der Waals surface area contributed by atoms with Gasteiger partial charge in [0.05, 0.1) is 0 Å². The van der Waals surface area contributed by atoms with Gasteiger partial charge in [-0.15, -0.1) is 0 Å². The van der Waals surface area contributed by atoms with E-state index in [1.165, 1.54) is 18.4 Å². The summed E-state index contributed by atoms with van der Waals surface area (Å²) in [5.74, 6) is 0.806. The van der Waals surface area contributed by atoms with Crippen LogP contribution in [0, 0.1) is 5.92 Å². The molecule has 1 atom stereocenters. The molecule has 0 radical (unpaired) electrons. The Balaban J connectivity index is 2.22. The average molecular weight is 206 g/mol. The molecular formula is C13H22N2. The maximum absolute atomic E-state index is 4.12. The molecule has 1 N–H and O–H groups in total. The summed E-state index contributed by atoms with van der Waals surface area (Å²) in [6.07, 6.45) is 6.30. The van der Waals surface area contributed by atoms with Crippen molar-refractivity contribution in [3.05, 3.63) is 30.1 Å². The van der Waals surface area contributed by atoms with E-state index in [0.29, 0.717) is 6.04 Å². The van der Waals surface area contributed by atoms with Crippen molar-refractivity contribution in [2.75, 3.05) is 6.54 Å². The molecule has 0 unspecified atom stereocenters. The maximum Gasteiger partial charge on any atom is 0.0315 e. The van der Waals surface area contributed by atoms with E-state index in [0.717, 1.165) is 12.5 Å². The third-order valence-corrected chi connectivity index (χ3v) is 2.59. The smallest absolute Gasteiger partial charge is 0.0315 e. The second-order valence-corrected chi connectivity index (χ2v) is 4.50. The van der Waals surface area contributed by atoms with Gasteiger partial charge in [-0.05, 0) is 43.9 Å². The van der Waals surface area contributed by atoms with Crippen LogP contribution in [-0.2, 0) is 0 Å². The molecule has 0 aliphatic rings. The average Bonchev–Trinajstić information content (AvgIpc) is 2.25. The summed E-state index contributed by atoms with van der Waals surface area (Å²) in [5.41, 5.74) is 1.27. The Morgan fingerprint density at radius 2 is 2.13 bits per heavy atom. The van der Waals surface area contributed by atoms with E-state index in [-0.39, 0.29) is 0 Å². The molecular weight excluding hydrogens is 184 g/mol. The first-order valence-corrected chi connectivity index (χ1v) is 5.83. The molecule has 0 aromatic carbocycles. The monoisotopic (exact) mass is 206 g/mol. The zero-order valence-corrected chi connectivity index (χ0v) is 10.0. The summed E-state index contributed by atoms with van der Waals surface area (Å²) in [7, 11) is 0. The van der Waals surface area contributed by atoms with E-state index in [1.807, 2.05) is 18.5 Å². The van der Waals surface area contributed by atoms with Crippen LogP contribution in [0.3, 0.4) is 0 Å². The Morgan fingerprint density at radius 3 is 2.73 bits per heavy atom. The first-order valence-electron chi connectivity index (χ1n) is 5.83. The van der Waals surface area contributed by atoms with Gasteiger partial charge in [0.2, 0.25) is 0 Å². The van der Waals surface area contributed by atoms with E-state index in [1.54, 1.807) is 0 Å². The van der Waals surface area contributed by atoms with E-state index in [4.69, 9.17) is 0 Å². The van der Waals surface area contributed by atoms with Gasteiger partial charge in [0.1, 0.15) is 0 Å². The zero-order chi connectivity index (χ0) is 11.1. The van der Waals surface area contributed by atoms with Crippen LogP contribution in [-0.4, -0.2) is 11.5 Å². The minimum absolute atomic E-state index is 0.408. The molecule has 84 valence electrons. The number of hydrogen-bond donors (Lipinski definition) is 1. The van der Waals surface area contributed by atoms with Gasteiger partial charge in [-0.25, -0.2) is 0 Å². The number of nitrogens with zero attached hydrogens (tertiary/aromatic N) is 1. The van der Waals surface area contributed by atoms with Crippen molar-refractivity contribution < 1.29 is 0 Å². The third-order valence-electron chi connectivity index (χ3n) is 2.59. The number of hydrogen-bond acceptors (Lipinski definition) is 2. The van der Waals surface area contributed by atoms with Crippen LogP contribution >= 0.6 is 0 Å². The summed E-state index contributed by atoms with van der Waals surface area (Å²) < 4.78 is 0. The molecule has 1 aromatic rings. The van der Waals surface area contributed by atoms with Gasteiger partial charge in [-0.3, -0.25) is 4.98 Å². The number of rotatable bonds is 6. The molecule has 0 spiro atoms. The summed E-state index contributed by atoms with van der Waals surface area (Å²) in [6, 6.07) is 4.51. The van der Waals surface area contributed by atoms with Gasteiger partial charge in [-0.2, -0.15) is 0 Å². The van der Waals surface area contributed by atoms with Crippen molar-refractivity contribution in [1.82, 2.24) is 10.3 Å². The van der Waals surface area contributed by atoms with Crippen LogP contribution in [0.5, 0.6) is 0 Å². The van der Waals surface area contributed by atoms with Crippen molar-refractivity contribution in [2.24, 2.45) is 5.92 Å². The normalized spacial score (nSPS) is 13.1. The lowest BCUT2D eigenvalue weighted by molar-refractivity contribution is 0.497. The fraction of sp³-hybridized carbons (Fsp3) is 0.615. The molecule has 0 saturated carbocycles. The molecule has 15 heavy (non-hydrogen) atoms. The summed E-state index contributed by atoms with van der Waals surface area (Å²) >= 11 is 0. The maximum atomic E-state index is 4.12. The van der Waals surface area contributed by atoms with E-state index < -0.39 is 0 Å². The summed E-state index contributed by atoms with van der Waals surface area (Å²) in [5, 5.41) is 3.51. The molecule has 0 bridgehead atoms. The third kappa shape index (κ3) is 4.93. The lowest BCUT2D eigenvalue weighted by atomic mass is 10.1. The Kier molecular flexibility index (Phi) is 5.33. The van der Waals surface area contributed by atoms with E-state index in [9.17, 15) is 0 Å². The van der Waals surface area contributed by atoms with Crippen LogP contribution in [0.1, 0.15) is 45.2 Å². The van der Waals surface area contributed by atoms with Gasteiger partial charge in [0.15, 0.2) is 0 Å². The molecule has 0 fully saturated rings. The second-order valence-electron chi connectivity index (χ2n) is 4.50. The van der Waals surface area contributed by atoms with Crippen molar-refractivity contribution in [2.45, 2.75) is 39.7 Å². The minimum Gasteiger partial charge on any atom is -0.310 e. The lowest BCUT2D eigenvalue weighted by Gasteiger charge is -2.14. The molecule has 2 heteroatoms. The number of aromatic nitrogens is 1. The molecule has 0 amide bonds. The lowest BCUT2D eigenvalue weighted by Crippen LogP contribution is -2.20. The fourth-order valence-electron chi connectivity index (χ4n) is 1.58. The van der Waals surface area contributed by atoms with Crippen LogP contribution < -0.4 is 5.32 Å². The van der Waals surface area contributed by atoms with Crippen molar-refractivity contribution in [3.63, 3.8) is 0 Å². The summed E-state index contributed by atoms with van der Waals surface area (Å²) in [6.45, 7) is 7.82. The second kappa shape index (κ2) is 6.57. The van der Waals surface area contributed by atoms with E-state index >= 15 is 0 Å². The largest absolute Gasteiger partial charge is 0.310 e. The standard InChI is InChI=1S/C13H22N2/c1-11(2)6-4-9-15-12(3)13-7-5-8-14-10-13/h5,7-8,10-12,15H,4,6,9H2,1-3H3/t12-/m0/s1. The van der Waals surface area contributed by atoms with Crippen molar-refractivity contribution >= 4 is 0 Å². The predicted molar refractivity (Wildman–Crippen MR) is 64.7 cm³/mol. The predicted octanol–water partition coefficient (Wildman–Crippen LogP) is 3.17. The molecule has 2 nitrogen and oxygen atoms in total. The van der Waals surface area contributed by atoms with Crippen LogP contribution in [0.15, 0.2) is 24.5 Å². The van der Waals surface area contributed by atoms with Crippen molar-refractivity contribution in [3.8, 4) is 0 Å².